The lowest BCUT2D eigenvalue weighted by Gasteiger charge is -2.24. The molecule has 3 N–H and O–H groups in total. The Morgan fingerprint density at radius 3 is 2.42 bits per heavy atom. The van der Waals surface area contributed by atoms with Gasteiger partial charge in [0.15, 0.2) is 0 Å². The second kappa shape index (κ2) is 8.77. The molecule has 0 aliphatic carbocycles. The zero-order chi connectivity index (χ0) is 17.5. The molecule has 2 unspecified atom stereocenters. The van der Waals surface area contributed by atoms with Crippen molar-refractivity contribution in [1.29, 1.82) is 0 Å². The van der Waals surface area contributed by atoms with E-state index in [0.29, 0.717) is 25.9 Å². The molecule has 0 aromatic carbocycles. The highest BCUT2D eigenvalue weighted by Gasteiger charge is 2.33. The lowest BCUT2D eigenvalue weighted by atomic mass is 10.2. The molecule has 2 aliphatic heterocycles. The van der Waals surface area contributed by atoms with E-state index in [2.05, 4.69) is 5.32 Å². The maximum atomic E-state index is 12.3. The van der Waals surface area contributed by atoms with E-state index in [1.807, 2.05) is 0 Å². The molecule has 0 bridgehead atoms. The number of likely N-dealkylation sites (tertiary alicyclic amines) is 2. The molecule has 0 aromatic heterocycles. The van der Waals surface area contributed by atoms with Gasteiger partial charge in [0.05, 0.1) is 6.04 Å². The Balaban J connectivity index is 1.77. The Bertz CT molecular complexity index is 496. The molecule has 2 rings (SSSR count). The number of nitrogens with zero attached hydrogens (tertiary/aromatic N) is 2. The van der Waals surface area contributed by atoms with E-state index in [-0.39, 0.29) is 49.7 Å². The first-order valence-corrected chi connectivity index (χ1v) is 8.60. The van der Waals surface area contributed by atoms with Crippen LogP contribution in [0, 0.1) is 0 Å². The van der Waals surface area contributed by atoms with Crippen LogP contribution < -0.4 is 11.1 Å². The lowest BCUT2D eigenvalue weighted by Crippen LogP contribution is -2.47. The largest absolute Gasteiger partial charge is 0.354 e. The van der Waals surface area contributed by atoms with Gasteiger partial charge in [0.2, 0.25) is 17.7 Å². The quantitative estimate of drug-likeness (QED) is 0.580. The first kappa shape index (κ1) is 18.4. The van der Waals surface area contributed by atoms with Gasteiger partial charge >= 0.3 is 0 Å². The molecule has 0 radical (unpaired) electrons. The number of aldehydes is 1. The molecule has 2 atom stereocenters. The lowest BCUT2D eigenvalue weighted by molar-refractivity contribution is -0.138. The fourth-order valence-electron chi connectivity index (χ4n) is 3.40. The maximum Gasteiger partial charge on any atom is 0.242 e. The van der Waals surface area contributed by atoms with Crippen molar-refractivity contribution in [2.45, 2.75) is 50.6 Å². The summed E-state index contributed by atoms with van der Waals surface area (Å²) in [5.74, 6) is -0.441. The monoisotopic (exact) mass is 338 g/mol. The number of carbonyl (C=O) groups is 4. The minimum absolute atomic E-state index is 0.0999. The van der Waals surface area contributed by atoms with Crippen LogP contribution in [0.3, 0.4) is 0 Å². The molecule has 24 heavy (non-hydrogen) atoms. The molecule has 0 saturated carbocycles. The van der Waals surface area contributed by atoms with Crippen molar-refractivity contribution in [3.8, 4) is 0 Å². The first-order valence-electron chi connectivity index (χ1n) is 8.60. The average molecular weight is 338 g/mol. The molecule has 2 fully saturated rings. The Morgan fingerprint density at radius 2 is 1.71 bits per heavy atom. The molecule has 8 heteroatoms. The summed E-state index contributed by atoms with van der Waals surface area (Å²) in [6, 6.07) is -0.791. The summed E-state index contributed by atoms with van der Waals surface area (Å²) >= 11 is 0. The van der Waals surface area contributed by atoms with Crippen LogP contribution in [-0.4, -0.2) is 72.1 Å². The second-order valence-electron chi connectivity index (χ2n) is 6.26. The smallest absolute Gasteiger partial charge is 0.242 e. The van der Waals surface area contributed by atoms with Crippen molar-refractivity contribution in [1.82, 2.24) is 15.1 Å². The van der Waals surface area contributed by atoms with Gasteiger partial charge in [-0.1, -0.05) is 0 Å². The highest BCUT2D eigenvalue weighted by atomic mass is 16.2. The number of nitrogens with two attached hydrogens (primary N) is 1. The Morgan fingerprint density at radius 1 is 1.04 bits per heavy atom. The molecule has 8 nitrogen and oxygen atoms in total. The fourth-order valence-corrected chi connectivity index (χ4v) is 3.40. The SMILES string of the molecule is NCCC(=O)N1CCCC1C(=O)NCCC(=O)N1CCCC1C=O. The van der Waals surface area contributed by atoms with Crippen LogP contribution in [0.15, 0.2) is 0 Å². The van der Waals surface area contributed by atoms with E-state index < -0.39 is 6.04 Å². The molecule has 2 saturated heterocycles. The Hall–Kier alpha value is -1.96. The summed E-state index contributed by atoms with van der Waals surface area (Å²) in [5, 5.41) is 2.74. The Labute approximate surface area is 141 Å². The second-order valence-corrected chi connectivity index (χ2v) is 6.26. The summed E-state index contributed by atoms with van der Waals surface area (Å²) in [4.78, 5) is 50.4. The minimum atomic E-state index is -0.464. The number of carbonyl (C=O) groups excluding carboxylic acids is 4. The summed E-state index contributed by atoms with van der Waals surface area (Å²) in [6.45, 7) is 1.66. The zero-order valence-corrected chi connectivity index (χ0v) is 13.9. The number of nitrogens with one attached hydrogen (secondary N) is 1. The summed E-state index contributed by atoms with van der Waals surface area (Å²) in [5.41, 5.74) is 5.40. The van der Waals surface area contributed by atoms with E-state index in [1.54, 1.807) is 9.80 Å². The van der Waals surface area contributed by atoms with Gasteiger partial charge in [-0.3, -0.25) is 14.4 Å². The Kier molecular flexibility index (Phi) is 6.72. The third-order valence-electron chi connectivity index (χ3n) is 4.65. The molecule has 134 valence electrons. The van der Waals surface area contributed by atoms with Crippen molar-refractivity contribution in [2.24, 2.45) is 5.73 Å². The standard InChI is InChI=1S/C16H26N4O4/c17-7-5-14(22)20-10-2-4-13(20)16(24)18-8-6-15(23)19-9-1-3-12(19)11-21/h11-13H,1-10,17H2,(H,18,24). The number of hydrogen-bond donors (Lipinski definition) is 2. The van der Waals surface area contributed by atoms with E-state index >= 15 is 0 Å². The van der Waals surface area contributed by atoms with Crippen LogP contribution in [0.5, 0.6) is 0 Å². The van der Waals surface area contributed by atoms with Gasteiger partial charge in [-0.05, 0) is 25.7 Å². The van der Waals surface area contributed by atoms with Gasteiger partial charge in [0.25, 0.3) is 0 Å². The fraction of sp³-hybridized carbons (Fsp3) is 0.750. The predicted molar refractivity (Wildman–Crippen MR) is 86.8 cm³/mol. The van der Waals surface area contributed by atoms with Gasteiger partial charge < -0.3 is 25.6 Å². The van der Waals surface area contributed by atoms with Crippen molar-refractivity contribution < 1.29 is 19.2 Å². The van der Waals surface area contributed by atoms with Crippen LogP contribution in [0.1, 0.15) is 38.5 Å². The van der Waals surface area contributed by atoms with Gasteiger partial charge in [-0.25, -0.2) is 0 Å². The highest BCUT2D eigenvalue weighted by molar-refractivity contribution is 5.88. The first-order chi connectivity index (χ1) is 11.6. The third-order valence-corrected chi connectivity index (χ3v) is 4.65. The molecule has 2 aliphatic rings. The van der Waals surface area contributed by atoms with Gasteiger partial charge in [-0.15, -0.1) is 0 Å². The number of amides is 3. The maximum absolute atomic E-state index is 12.3. The van der Waals surface area contributed by atoms with Crippen LogP contribution in [-0.2, 0) is 19.2 Å². The van der Waals surface area contributed by atoms with E-state index in [1.165, 1.54) is 0 Å². The van der Waals surface area contributed by atoms with E-state index in [9.17, 15) is 19.2 Å². The van der Waals surface area contributed by atoms with Gasteiger partial charge in [-0.2, -0.15) is 0 Å². The van der Waals surface area contributed by atoms with E-state index in [0.717, 1.165) is 19.1 Å². The molecule has 0 spiro atoms. The van der Waals surface area contributed by atoms with Crippen molar-refractivity contribution >= 4 is 24.0 Å². The molecular weight excluding hydrogens is 312 g/mol. The molecule has 2 heterocycles. The van der Waals surface area contributed by atoms with Crippen LogP contribution in [0.4, 0.5) is 0 Å². The van der Waals surface area contributed by atoms with Crippen molar-refractivity contribution in [3.63, 3.8) is 0 Å². The summed E-state index contributed by atoms with van der Waals surface area (Å²) in [6.07, 6.45) is 4.19. The summed E-state index contributed by atoms with van der Waals surface area (Å²) in [7, 11) is 0. The van der Waals surface area contributed by atoms with E-state index in [4.69, 9.17) is 5.73 Å². The van der Waals surface area contributed by atoms with Gasteiger partial charge in [0, 0.05) is 39.0 Å². The normalized spacial score (nSPS) is 23.4. The average Bonchev–Trinajstić information content (AvgIpc) is 3.23. The number of rotatable bonds is 7. The topological polar surface area (TPSA) is 113 Å². The third kappa shape index (κ3) is 4.31. The van der Waals surface area contributed by atoms with Crippen LogP contribution in [0.2, 0.25) is 0 Å². The van der Waals surface area contributed by atoms with Gasteiger partial charge in [0.1, 0.15) is 12.3 Å². The molecule has 3 amide bonds. The molecular formula is C16H26N4O4. The summed E-state index contributed by atoms with van der Waals surface area (Å²) < 4.78 is 0. The minimum Gasteiger partial charge on any atom is -0.354 e. The van der Waals surface area contributed by atoms with Crippen molar-refractivity contribution in [3.05, 3.63) is 0 Å². The molecule has 0 aromatic rings. The number of hydrogen-bond acceptors (Lipinski definition) is 5. The van der Waals surface area contributed by atoms with Crippen molar-refractivity contribution in [2.75, 3.05) is 26.2 Å². The highest BCUT2D eigenvalue weighted by Crippen LogP contribution is 2.19. The predicted octanol–water partition coefficient (Wildman–Crippen LogP) is -0.978. The van der Waals surface area contributed by atoms with Crippen LogP contribution in [0.25, 0.3) is 0 Å². The zero-order valence-electron chi connectivity index (χ0n) is 13.9. The van der Waals surface area contributed by atoms with Crippen LogP contribution >= 0.6 is 0 Å².